The van der Waals surface area contributed by atoms with Gasteiger partial charge in [0.25, 0.3) is 0 Å². The van der Waals surface area contributed by atoms with Crippen LogP contribution in [0.25, 0.3) is 0 Å². The van der Waals surface area contributed by atoms with Gasteiger partial charge in [-0.2, -0.15) is 0 Å². The molecule has 0 atom stereocenters. The van der Waals surface area contributed by atoms with E-state index in [9.17, 15) is 0 Å². The first-order valence-corrected chi connectivity index (χ1v) is 7.35. The summed E-state index contributed by atoms with van der Waals surface area (Å²) < 4.78 is 34.1. The minimum atomic E-state index is -3.63. The van der Waals surface area contributed by atoms with E-state index in [1.54, 1.807) is 0 Å². The summed E-state index contributed by atoms with van der Waals surface area (Å²) in [6.45, 7) is 0. The van der Waals surface area contributed by atoms with E-state index in [2.05, 4.69) is 0 Å². The molecule has 100 valence electrons. The smallest absolute Gasteiger partial charge is 0.672 e. The van der Waals surface area contributed by atoms with Crippen LogP contribution in [-0.2, 0) is 96.1 Å². The van der Waals surface area contributed by atoms with Gasteiger partial charge in [0.2, 0.25) is 0 Å². The molecule has 0 aliphatic carbocycles. The Kier molecular flexibility index (Phi) is 82.0. The first-order chi connectivity index (χ1) is 6.93. The van der Waals surface area contributed by atoms with Gasteiger partial charge < -0.3 is 56.2 Å². The zero-order valence-corrected chi connectivity index (χ0v) is 20.9. The maximum absolute atomic E-state index is 8.52. The Bertz CT molecular complexity index is 168. The summed E-state index contributed by atoms with van der Waals surface area (Å²) in [5.41, 5.74) is 0. The number of rotatable bonds is 0. The normalized spacial score (nSPS) is 5.05. The maximum atomic E-state index is 8.52. The molecule has 0 aliphatic heterocycles. The van der Waals surface area contributed by atoms with Gasteiger partial charge in [-0.25, -0.2) is 0 Å². The predicted molar refractivity (Wildman–Crippen MR) is 25.8 cm³/mol. The van der Waals surface area contributed by atoms with Crippen molar-refractivity contribution in [3.8, 4) is 0 Å². The van der Waals surface area contributed by atoms with Crippen molar-refractivity contribution >= 4 is 36.7 Å². The van der Waals surface area contributed by atoms with Crippen LogP contribution >= 0.6 is 0 Å². The second-order valence-electron chi connectivity index (χ2n) is 1.00. The van der Waals surface area contributed by atoms with E-state index in [0.717, 1.165) is 0 Å². The number of hydrogen-bond donors (Lipinski definition) is 0. The van der Waals surface area contributed by atoms with Crippen LogP contribution in [0.2, 0.25) is 0 Å². The summed E-state index contributed by atoms with van der Waals surface area (Å²) in [5, 5.41) is 0. The Labute approximate surface area is 169 Å². The fourth-order valence-electron chi connectivity index (χ4n) is 0. The van der Waals surface area contributed by atoms with E-state index in [1.807, 2.05) is 0 Å². The van der Waals surface area contributed by atoms with Crippen LogP contribution in [0.1, 0.15) is 0 Å². The van der Waals surface area contributed by atoms with Crippen LogP contribution in [0.15, 0.2) is 0 Å². The van der Waals surface area contributed by atoms with Crippen LogP contribution in [0, 0.1) is 0 Å². The van der Waals surface area contributed by atoms with Crippen LogP contribution in [0.4, 0.5) is 0 Å². The van der Waals surface area contributed by atoms with Crippen molar-refractivity contribution in [3.05, 3.63) is 0 Å². The third-order valence-corrected chi connectivity index (χ3v) is 0. The molecule has 0 radical (unpaired) electrons. The van der Waals surface area contributed by atoms with Crippen molar-refractivity contribution in [1.82, 2.24) is 0 Å². The predicted octanol–water partition coefficient (Wildman–Crippen LogP) is -11.5. The largest absolute Gasteiger partial charge is 4.00 e. The van der Waals surface area contributed by atoms with Crippen LogP contribution in [0.3, 0.4) is 0 Å². The molecule has 0 amide bonds. The molecule has 0 N–H and O–H groups in total. The molecule has 19 heteroatoms. The van der Waals surface area contributed by atoms with E-state index in [-0.39, 0.29) is 78.3 Å². The van der Waals surface area contributed by atoms with Crippen LogP contribution in [-0.4, -0.2) is 36.7 Å². The van der Waals surface area contributed by atoms with E-state index < -0.39 is 36.7 Å². The van der Waals surface area contributed by atoms with Crippen molar-refractivity contribution in [2.24, 2.45) is 0 Å². The molecule has 12 nitrogen and oxygen atoms in total. The molecule has 0 rings (SSSR count). The summed E-state index contributed by atoms with van der Waals surface area (Å²) in [6.07, 6.45) is 0. The maximum Gasteiger partial charge on any atom is 4.00 e. The first-order valence-electron chi connectivity index (χ1n) is 2.45. The standard InChI is InChI=1S/Hf.4O3Si.2Zr/c;4*1-4(2)3;;/q+4;4*-2;;+4. The molecule has 0 bridgehead atoms. The average Bonchev–Trinajstić information content (AvgIpc) is 1.76. The van der Waals surface area contributed by atoms with Crippen molar-refractivity contribution in [3.63, 3.8) is 0 Å². The molecule has 0 aromatic carbocycles. The van der Waals surface area contributed by atoms with E-state index in [0.29, 0.717) is 0 Å². The van der Waals surface area contributed by atoms with Gasteiger partial charge in [0.15, 0.2) is 0 Å². The third kappa shape index (κ3) is 4590. The van der Waals surface area contributed by atoms with Crippen LogP contribution < -0.4 is 38.4 Å². The summed E-state index contributed by atoms with van der Waals surface area (Å²) in [7, 11) is -14.5. The topological polar surface area (TPSA) is 253 Å². The van der Waals surface area contributed by atoms with E-state index >= 15 is 0 Å². The molecular formula is HfO12Si4Zr2. The molecule has 0 aromatic rings. The van der Waals surface area contributed by atoms with Crippen LogP contribution in [0.5, 0.6) is 0 Å². The molecule has 0 saturated heterocycles. The fourth-order valence-corrected chi connectivity index (χ4v) is 0. The molecule has 0 fully saturated rings. The number of hydrogen-bond acceptors (Lipinski definition) is 12. The van der Waals surface area contributed by atoms with Gasteiger partial charge >= 0.3 is 52.0 Å². The second kappa shape index (κ2) is 36.5. The molecule has 0 heterocycles. The molecular weight excluding hydrogens is 665 g/mol. The Balaban J connectivity index is -0.0000000192. The molecule has 0 spiro atoms. The summed E-state index contributed by atoms with van der Waals surface area (Å²) in [6, 6.07) is 0. The quantitative estimate of drug-likeness (QED) is 0.219. The van der Waals surface area contributed by atoms with Gasteiger partial charge in [-0.05, 0) is 0 Å². The first kappa shape index (κ1) is 42.7. The minimum Gasteiger partial charge on any atom is -0.672 e. The molecule has 0 aliphatic rings. The van der Waals surface area contributed by atoms with E-state index in [1.165, 1.54) is 0 Å². The van der Waals surface area contributed by atoms with E-state index in [4.69, 9.17) is 56.2 Å². The van der Waals surface area contributed by atoms with Crippen molar-refractivity contribution < 1.29 is 134 Å². The Hall–Kier alpha value is 1.10. The van der Waals surface area contributed by atoms with Gasteiger partial charge in [0.05, 0.1) is 0 Å². The van der Waals surface area contributed by atoms with Gasteiger partial charge in [0, 0.05) is 62.9 Å². The van der Waals surface area contributed by atoms with Gasteiger partial charge in [0.1, 0.15) is 0 Å². The summed E-state index contributed by atoms with van der Waals surface area (Å²) in [4.78, 5) is 68.1. The Morgan fingerprint density at radius 2 is 0.474 bits per heavy atom. The summed E-state index contributed by atoms with van der Waals surface area (Å²) in [5.74, 6) is 0. The fraction of sp³-hybridized carbons (Fsp3) is 0. The van der Waals surface area contributed by atoms with Gasteiger partial charge in [-0.15, -0.1) is 0 Å². The summed E-state index contributed by atoms with van der Waals surface area (Å²) >= 11 is 0. The monoisotopic (exact) mass is 664 g/mol. The van der Waals surface area contributed by atoms with Gasteiger partial charge in [-0.3, -0.25) is 0 Å². The minimum absolute atomic E-state index is 0. The van der Waals surface area contributed by atoms with Gasteiger partial charge in [-0.1, -0.05) is 0 Å². The van der Waals surface area contributed by atoms with Crippen molar-refractivity contribution in [1.29, 1.82) is 0 Å². The molecule has 0 aromatic heterocycles. The third-order valence-electron chi connectivity index (χ3n) is 0. The SMILES string of the molecule is O=[Si]([O-])[O-].O=[Si]([O-])[O-].O=[Si]([O-])[O-].O=[Si]([O-])[O-].[Hf+4].[Zr+4].[Zr]. The molecule has 0 unspecified atom stereocenters. The van der Waals surface area contributed by atoms with Crippen molar-refractivity contribution in [2.45, 2.75) is 0 Å². The Morgan fingerprint density at radius 1 is 0.474 bits per heavy atom. The molecule has 19 heavy (non-hydrogen) atoms. The Morgan fingerprint density at radius 3 is 0.474 bits per heavy atom. The zero-order chi connectivity index (χ0) is 14.3. The molecule has 0 saturated carbocycles. The zero-order valence-electron chi connectivity index (χ0n) is 8.40. The van der Waals surface area contributed by atoms with Crippen molar-refractivity contribution in [2.75, 3.05) is 0 Å². The average molecular weight is 665 g/mol. The second-order valence-corrected chi connectivity index (χ2v) is 3.00.